The van der Waals surface area contributed by atoms with Crippen LogP contribution in [-0.4, -0.2) is 32.9 Å². The SMILES string of the molecule is C=CCN1C(=O)/C(=C\c2cccn2CC)C(=O)NC1=S. The standard InChI is InChI=1S/C14H15N3O2S/c1-3-7-17-13(19)11(12(18)15-14(17)20)9-10-6-5-8-16(10)4-2/h3,5-6,8-9H,1,4,7H2,2H3,(H,15,18,20)/b11-9-. The van der Waals surface area contributed by atoms with Crippen LogP contribution in [0.2, 0.25) is 0 Å². The van der Waals surface area contributed by atoms with Crippen molar-refractivity contribution in [1.82, 2.24) is 14.8 Å². The van der Waals surface area contributed by atoms with Crippen molar-refractivity contribution in [2.45, 2.75) is 13.5 Å². The van der Waals surface area contributed by atoms with Gasteiger partial charge in [-0.25, -0.2) is 0 Å². The van der Waals surface area contributed by atoms with Crippen molar-refractivity contribution in [3.63, 3.8) is 0 Å². The highest BCUT2D eigenvalue weighted by atomic mass is 32.1. The van der Waals surface area contributed by atoms with Crippen molar-refractivity contribution >= 4 is 35.2 Å². The minimum absolute atomic E-state index is 0.0776. The zero-order valence-corrected chi connectivity index (χ0v) is 11.9. The third-order valence-electron chi connectivity index (χ3n) is 3.00. The molecule has 2 amide bonds. The van der Waals surface area contributed by atoms with Gasteiger partial charge in [-0.05, 0) is 37.4 Å². The van der Waals surface area contributed by atoms with Gasteiger partial charge < -0.3 is 4.57 Å². The van der Waals surface area contributed by atoms with E-state index in [0.717, 1.165) is 12.2 Å². The number of aromatic nitrogens is 1. The Morgan fingerprint density at radius 1 is 1.45 bits per heavy atom. The summed E-state index contributed by atoms with van der Waals surface area (Å²) < 4.78 is 1.94. The molecule has 0 spiro atoms. The first-order chi connectivity index (χ1) is 9.58. The number of nitrogens with one attached hydrogen (secondary N) is 1. The van der Waals surface area contributed by atoms with E-state index < -0.39 is 11.8 Å². The summed E-state index contributed by atoms with van der Waals surface area (Å²) in [5, 5.41) is 2.63. The van der Waals surface area contributed by atoms with Crippen LogP contribution in [0.1, 0.15) is 12.6 Å². The van der Waals surface area contributed by atoms with Crippen molar-refractivity contribution in [1.29, 1.82) is 0 Å². The second-order valence-corrected chi connectivity index (χ2v) is 4.63. The van der Waals surface area contributed by atoms with Crippen LogP contribution in [0.5, 0.6) is 0 Å². The van der Waals surface area contributed by atoms with Gasteiger partial charge in [-0.15, -0.1) is 6.58 Å². The van der Waals surface area contributed by atoms with Gasteiger partial charge in [0.05, 0.1) is 0 Å². The lowest BCUT2D eigenvalue weighted by atomic mass is 10.1. The maximum absolute atomic E-state index is 12.3. The van der Waals surface area contributed by atoms with Crippen molar-refractivity contribution < 1.29 is 9.59 Å². The molecule has 1 fully saturated rings. The predicted octanol–water partition coefficient (Wildman–Crippen LogP) is 1.32. The van der Waals surface area contributed by atoms with E-state index in [9.17, 15) is 9.59 Å². The largest absolute Gasteiger partial charge is 0.348 e. The van der Waals surface area contributed by atoms with E-state index in [4.69, 9.17) is 12.2 Å². The summed E-state index contributed by atoms with van der Waals surface area (Å²) >= 11 is 4.99. The summed E-state index contributed by atoms with van der Waals surface area (Å²) in [5.41, 5.74) is 0.881. The number of thiocarbonyl (C=S) groups is 1. The van der Waals surface area contributed by atoms with E-state index >= 15 is 0 Å². The molecule has 20 heavy (non-hydrogen) atoms. The lowest BCUT2D eigenvalue weighted by molar-refractivity contribution is -0.128. The molecule has 1 aromatic heterocycles. The number of rotatable bonds is 4. The van der Waals surface area contributed by atoms with Crippen LogP contribution in [0.3, 0.4) is 0 Å². The van der Waals surface area contributed by atoms with Gasteiger partial charge in [0, 0.05) is 25.0 Å². The monoisotopic (exact) mass is 289 g/mol. The number of hydrogen-bond acceptors (Lipinski definition) is 3. The summed E-state index contributed by atoms with van der Waals surface area (Å²) in [5.74, 6) is -0.869. The molecular formula is C14H15N3O2S. The first-order valence-electron chi connectivity index (χ1n) is 6.23. The average Bonchev–Trinajstić information content (AvgIpc) is 2.86. The van der Waals surface area contributed by atoms with E-state index in [0.29, 0.717) is 0 Å². The van der Waals surface area contributed by atoms with Gasteiger partial charge in [0.15, 0.2) is 5.11 Å². The summed E-state index contributed by atoms with van der Waals surface area (Å²) in [6, 6.07) is 3.72. The van der Waals surface area contributed by atoms with Gasteiger partial charge in [-0.1, -0.05) is 6.08 Å². The molecule has 5 nitrogen and oxygen atoms in total. The molecule has 104 valence electrons. The first-order valence-corrected chi connectivity index (χ1v) is 6.64. The molecular weight excluding hydrogens is 274 g/mol. The van der Waals surface area contributed by atoms with Crippen molar-refractivity contribution in [3.8, 4) is 0 Å². The number of nitrogens with zero attached hydrogens (tertiary/aromatic N) is 2. The van der Waals surface area contributed by atoms with Gasteiger partial charge in [0.1, 0.15) is 5.57 Å². The lowest BCUT2D eigenvalue weighted by Crippen LogP contribution is -2.53. The first kappa shape index (κ1) is 14.2. The van der Waals surface area contributed by atoms with Gasteiger partial charge >= 0.3 is 0 Å². The molecule has 1 aliphatic heterocycles. The van der Waals surface area contributed by atoms with Gasteiger partial charge in [-0.3, -0.25) is 19.8 Å². The van der Waals surface area contributed by atoms with E-state index in [1.807, 2.05) is 29.8 Å². The number of aryl methyl sites for hydroxylation is 1. The highest BCUT2D eigenvalue weighted by molar-refractivity contribution is 7.80. The van der Waals surface area contributed by atoms with Crippen LogP contribution in [0.15, 0.2) is 36.6 Å². The molecule has 0 bridgehead atoms. The third kappa shape index (κ3) is 2.55. The summed E-state index contributed by atoms with van der Waals surface area (Å²) in [4.78, 5) is 25.6. The van der Waals surface area contributed by atoms with Crippen molar-refractivity contribution in [3.05, 3.63) is 42.3 Å². The molecule has 0 saturated carbocycles. The topological polar surface area (TPSA) is 54.3 Å². The Bertz CT molecular complexity index is 616. The van der Waals surface area contributed by atoms with Crippen LogP contribution in [-0.2, 0) is 16.1 Å². The van der Waals surface area contributed by atoms with Crippen LogP contribution in [0, 0.1) is 0 Å². The molecule has 0 aromatic carbocycles. The molecule has 0 radical (unpaired) electrons. The minimum atomic E-state index is -0.468. The minimum Gasteiger partial charge on any atom is -0.348 e. The molecule has 6 heteroatoms. The number of hydrogen-bond donors (Lipinski definition) is 1. The molecule has 1 aromatic rings. The molecule has 1 aliphatic rings. The Balaban J connectivity index is 2.39. The zero-order chi connectivity index (χ0) is 14.7. The number of carbonyl (C=O) groups is 2. The van der Waals surface area contributed by atoms with Crippen LogP contribution < -0.4 is 5.32 Å². The Labute approximate surface area is 122 Å². The van der Waals surface area contributed by atoms with Crippen LogP contribution in [0.4, 0.5) is 0 Å². The molecule has 0 aliphatic carbocycles. The summed E-state index contributed by atoms with van der Waals surface area (Å²) in [6.07, 6.45) is 5.04. The van der Waals surface area contributed by atoms with E-state index in [1.54, 1.807) is 12.2 Å². The lowest BCUT2D eigenvalue weighted by Gasteiger charge is -2.27. The van der Waals surface area contributed by atoms with Crippen LogP contribution in [0.25, 0.3) is 6.08 Å². The Hall–Kier alpha value is -2.21. The maximum atomic E-state index is 12.3. The Kier molecular flexibility index (Phi) is 4.14. The fraction of sp³-hybridized carbons (Fsp3) is 0.214. The molecule has 0 unspecified atom stereocenters. The molecule has 2 rings (SSSR count). The fourth-order valence-corrected chi connectivity index (χ4v) is 2.23. The normalized spacial score (nSPS) is 17.6. The molecule has 1 N–H and O–H groups in total. The quantitative estimate of drug-likeness (QED) is 0.394. The highest BCUT2D eigenvalue weighted by Gasteiger charge is 2.32. The molecule has 0 atom stereocenters. The second kappa shape index (κ2) is 5.83. The van der Waals surface area contributed by atoms with Gasteiger partial charge in [-0.2, -0.15) is 0 Å². The third-order valence-corrected chi connectivity index (χ3v) is 3.32. The highest BCUT2D eigenvalue weighted by Crippen LogP contribution is 2.15. The van der Waals surface area contributed by atoms with E-state index in [1.165, 1.54) is 4.90 Å². The molecule has 1 saturated heterocycles. The number of carbonyl (C=O) groups excluding carboxylic acids is 2. The molecule has 2 heterocycles. The van der Waals surface area contributed by atoms with E-state index in [-0.39, 0.29) is 17.2 Å². The van der Waals surface area contributed by atoms with Crippen molar-refractivity contribution in [2.24, 2.45) is 0 Å². The van der Waals surface area contributed by atoms with E-state index in [2.05, 4.69) is 11.9 Å². The predicted molar refractivity (Wildman–Crippen MR) is 80.7 cm³/mol. The van der Waals surface area contributed by atoms with Crippen molar-refractivity contribution in [2.75, 3.05) is 6.54 Å². The second-order valence-electron chi connectivity index (χ2n) is 4.24. The smallest absolute Gasteiger partial charge is 0.266 e. The summed E-state index contributed by atoms with van der Waals surface area (Å²) in [7, 11) is 0. The maximum Gasteiger partial charge on any atom is 0.266 e. The average molecular weight is 289 g/mol. The van der Waals surface area contributed by atoms with Gasteiger partial charge in [0.25, 0.3) is 11.8 Å². The zero-order valence-electron chi connectivity index (χ0n) is 11.1. The fourth-order valence-electron chi connectivity index (χ4n) is 1.98. The van der Waals surface area contributed by atoms with Gasteiger partial charge in [0.2, 0.25) is 0 Å². The van der Waals surface area contributed by atoms with Crippen LogP contribution >= 0.6 is 12.2 Å². The summed E-state index contributed by atoms with van der Waals surface area (Å²) in [6.45, 7) is 6.60. The number of amides is 2. The Morgan fingerprint density at radius 3 is 2.85 bits per heavy atom. The Morgan fingerprint density at radius 2 is 2.20 bits per heavy atom.